The van der Waals surface area contributed by atoms with Crippen molar-refractivity contribution in [2.45, 2.75) is 24.5 Å². The van der Waals surface area contributed by atoms with Crippen LogP contribution in [0, 0.1) is 5.41 Å². The summed E-state index contributed by atoms with van der Waals surface area (Å²) in [5, 5.41) is 9.23. The van der Waals surface area contributed by atoms with E-state index < -0.39 is 29.1 Å². The summed E-state index contributed by atoms with van der Waals surface area (Å²) in [6, 6.07) is 0. The second kappa shape index (κ2) is 2.48. The first-order valence-electron chi connectivity index (χ1n) is 4.83. The molecule has 2 bridgehead atoms. The van der Waals surface area contributed by atoms with Crippen molar-refractivity contribution >= 4 is 11.9 Å². The van der Waals surface area contributed by atoms with Gasteiger partial charge in [-0.2, -0.15) is 0 Å². The van der Waals surface area contributed by atoms with Crippen LogP contribution in [0.2, 0.25) is 0 Å². The minimum atomic E-state index is -0.880. The molecule has 80 valence electrons. The number of hydrogen-bond acceptors (Lipinski definition) is 5. The van der Waals surface area contributed by atoms with E-state index in [2.05, 4.69) is 4.74 Å². The molecule has 5 nitrogen and oxygen atoms in total. The van der Waals surface area contributed by atoms with Gasteiger partial charge in [-0.05, 0) is 0 Å². The van der Waals surface area contributed by atoms with E-state index in [0.717, 1.165) is 0 Å². The first-order chi connectivity index (χ1) is 7.10. The lowest BCUT2D eigenvalue weighted by atomic mass is 9.72. The van der Waals surface area contributed by atoms with Gasteiger partial charge in [0.25, 0.3) is 0 Å². The molecular formula is C10H10O5. The number of cyclic esters (lactones) is 2. The quantitative estimate of drug-likeness (QED) is 0.360. The lowest BCUT2D eigenvalue weighted by Gasteiger charge is -2.24. The summed E-state index contributed by atoms with van der Waals surface area (Å²) < 4.78 is 10.1. The number of fused-ring (bicyclic) bond motifs is 3. The van der Waals surface area contributed by atoms with Crippen LogP contribution in [-0.2, 0) is 19.1 Å². The number of aliphatic hydroxyl groups is 1. The second-order valence-corrected chi connectivity index (χ2v) is 4.39. The topological polar surface area (TPSA) is 72.8 Å². The molecule has 15 heavy (non-hydrogen) atoms. The molecule has 0 saturated carbocycles. The fourth-order valence-corrected chi connectivity index (χ4v) is 2.69. The Balaban J connectivity index is 2.01. The minimum absolute atomic E-state index is 0.0581. The molecule has 3 heterocycles. The maximum Gasteiger partial charge on any atom is 0.323 e. The van der Waals surface area contributed by atoms with E-state index >= 15 is 0 Å². The Hall–Kier alpha value is -1.20. The predicted molar refractivity (Wildman–Crippen MR) is 46.6 cm³/mol. The Morgan fingerprint density at radius 1 is 1.53 bits per heavy atom. The maximum absolute atomic E-state index is 11.6. The fraction of sp³-hybridized carbons (Fsp3) is 0.600. The van der Waals surface area contributed by atoms with Crippen LogP contribution in [0.4, 0.5) is 0 Å². The third kappa shape index (κ3) is 0.943. The predicted octanol–water partition coefficient (Wildman–Crippen LogP) is -0.464. The average molecular weight is 210 g/mol. The molecule has 3 atom stereocenters. The minimum Gasteiger partial charge on any atom is -0.393 e. The van der Waals surface area contributed by atoms with Crippen molar-refractivity contribution in [3.63, 3.8) is 0 Å². The molecule has 3 aliphatic rings. The van der Waals surface area contributed by atoms with Gasteiger partial charge in [0.2, 0.25) is 0 Å². The van der Waals surface area contributed by atoms with Crippen molar-refractivity contribution in [3.05, 3.63) is 12.2 Å². The van der Waals surface area contributed by atoms with Crippen molar-refractivity contribution in [1.82, 2.24) is 0 Å². The molecule has 0 aromatic rings. The molecule has 3 rings (SSSR count). The number of rotatable bonds is 1. The lowest BCUT2D eigenvalue weighted by Crippen LogP contribution is -2.37. The van der Waals surface area contributed by atoms with Gasteiger partial charge in [0.1, 0.15) is 11.0 Å². The summed E-state index contributed by atoms with van der Waals surface area (Å²) in [5.41, 5.74) is -1.66. The van der Waals surface area contributed by atoms with Gasteiger partial charge < -0.3 is 14.6 Å². The molecule has 2 saturated heterocycles. The number of aliphatic hydroxyl groups excluding tert-OH is 1. The normalized spacial score (nSPS) is 46.9. The fourth-order valence-electron chi connectivity index (χ4n) is 2.69. The van der Waals surface area contributed by atoms with Gasteiger partial charge in [0.05, 0.1) is 19.1 Å². The Morgan fingerprint density at radius 3 is 2.87 bits per heavy atom. The molecule has 0 aromatic heterocycles. The first-order valence-corrected chi connectivity index (χ1v) is 4.83. The Morgan fingerprint density at radius 2 is 2.33 bits per heavy atom. The SMILES string of the molecule is O=C1C[C@@]2(C[C@@]3(CO)C=C[C@@H]2O3)C(=O)O1. The molecular weight excluding hydrogens is 200 g/mol. The molecule has 0 amide bonds. The number of hydrogen-bond donors (Lipinski definition) is 1. The highest BCUT2D eigenvalue weighted by molar-refractivity contribution is 5.98. The third-order valence-electron chi connectivity index (χ3n) is 3.44. The van der Waals surface area contributed by atoms with Crippen molar-refractivity contribution < 1.29 is 24.2 Å². The summed E-state index contributed by atoms with van der Waals surface area (Å²) in [6.45, 7) is -0.177. The average Bonchev–Trinajstić information content (AvgIpc) is 2.81. The number of carbonyl (C=O) groups is 2. The van der Waals surface area contributed by atoms with Crippen LogP contribution in [0.3, 0.4) is 0 Å². The summed E-state index contributed by atoms with van der Waals surface area (Å²) in [7, 11) is 0. The monoisotopic (exact) mass is 210 g/mol. The zero-order valence-corrected chi connectivity index (χ0v) is 7.93. The van der Waals surface area contributed by atoms with Gasteiger partial charge in [-0.25, -0.2) is 0 Å². The standard InChI is InChI=1S/C10H10O5/c11-5-9-2-1-6(15-9)10(4-9)3-7(12)14-8(10)13/h1-2,6,11H,3-5H2/t6-,9+,10-/m0/s1. The van der Waals surface area contributed by atoms with E-state index in [9.17, 15) is 14.7 Å². The highest BCUT2D eigenvalue weighted by atomic mass is 16.6. The molecule has 1 spiro atoms. The highest BCUT2D eigenvalue weighted by Gasteiger charge is 2.65. The lowest BCUT2D eigenvalue weighted by molar-refractivity contribution is -0.155. The van der Waals surface area contributed by atoms with Gasteiger partial charge in [-0.1, -0.05) is 12.2 Å². The van der Waals surface area contributed by atoms with Crippen LogP contribution in [0.15, 0.2) is 12.2 Å². The van der Waals surface area contributed by atoms with Crippen molar-refractivity contribution in [3.8, 4) is 0 Å². The molecule has 5 heteroatoms. The van der Waals surface area contributed by atoms with Crippen molar-refractivity contribution in [1.29, 1.82) is 0 Å². The van der Waals surface area contributed by atoms with Crippen LogP contribution < -0.4 is 0 Å². The first kappa shape index (κ1) is 9.06. The summed E-state index contributed by atoms with van der Waals surface area (Å²) in [5.74, 6) is -1.02. The summed E-state index contributed by atoms with van der Waals surface area (Å²) >= 11 is 0. The van der Waals surface area contributed by atoms with E-state index in [4.69, 9.17) is 4.74 Å². The van der Waals surface area contributed by atoms with Gasteiger partial charge in [-0.15, -0.1) is 0 Å². The van der Waals surface area contributed by atoms with Gasteiger partial charge in [-0.3, -0.25) is 9.59 Å². The van der Waals surface area contributed by atoms with E-state index in [1.165, 1.54) is 0 Å². The summed E-state index contributed by atoms with van der Waals surface area (Å²) in [6.07, 6.45) is 3.47. The van der Waals surface area contributed by atoms with Crippen LogP contribution in [-0.4, -0.2) is 35.4 Å². The van der Waals surface area contributed by atoms with Gasteiger partial charge in [0, 0.05) is 6.42 Å². The summed E-state index contributed by atoms with van der Waals surface area (Å²) in [4.78, 5) is 22.7. The number of esters is 2. The smallest absolute Gasteiger partial charge is 0.323 e. The molecule has 3 aliphatic heterocycles. The number of carbonyl (C=O) groups excluding carboxylic acids is 2. The van der Waals surface area contributed by atoms with E-state index in [0.29, 0.717) is 6.42 Å². The third-order valence-corrected chi connectivity index (χ3v) is 3.44. The molecule has 1 N–H and O–H groups in total. The molecule has 0 radical (unpaired) electrons. The van der Waals surface area contributed by atoms with Crippen LogP contribution >= 0.6 is 0 Å². The van der Waals surface area contributed by atoms with E-state index in [1.54, 1.807) is 12.2 Å². The number of ether oxygens (including phenoxy) is 2. The van der Waals surface area contributed by atoms with Crippen molar-refractivity contribution in [2.24, 2.45) is 5.41 Å². The van der Waals surface area contributed by atoms with Crippen LogP contribution in [0.25, 0.3) is 0 Å². The zero-order valence-electron chi connectivity index (χ0n) is 7.93. The molecule has 2 fully saturated rings. The molecule has 0 aromatic carbocycles. The van der Waals surface area contributed by atoms with Crippen molar-refractivity contribution in [2.75, 3.05) is 6.61 Å². The van der Waals surface area contributed by atoms with Gasteiger partial charge >= 0.3 is 11.9 Å². The Bertz CT molecular complexity index is 387. The van der Waals surface area contributed by atoms with Crippen LogP contribution in [0.1, 0.15) is 12.8 Å². The Kier molecular flexibility index (Phi) is 1.50. The molecule has 0 unspecified atom stereocenters. The zero-order chi connectivity index (χ0) is 10.7. The maximum atomic E-state index is 11.6. The largest absolute Gasteiger partial charge is 0.393 e. The highest BCUT2D eigenvalue weighted by Crippen LogP contribution is 2.54. The van der Waals surface area contributed by atoms with Crippen LogP contribution in [0.5, 0.6) is 0 Å². The van der Waals surface area contributed by atoms with Gasteiger partial charge in [0.15, 0.2) is 0 Å². The Labute approximate surface area is 85.7 Å². The second-order valence-electron chi connectivity index (χ2n) is 4.39. The van der Waals surface area contributed by atoms with E-state index in [-0.39, 0.29) is 13.0 Å². The van der Waals surface area contributed by atoms with E-state index in [1.807, 2.05) is 0 Å². The molecule has 0 aliphatic carbocycles.